The number of aliphatic hydroxyl groups excluding tert-OH is 1. The average molecular weight is 263 g/mol. The SMILES string of the molecule is NCCC(O)C1=CC(OCC2C=CCCC2)CC=C1. The lowest BCUT2D eigenvalue weighted by Gasteiger charge is -2.23. The second kappa shape index (κ2) is 7.63. The summed E-state index contributed by atoms with van der Waals surface area (Å²) in [5.41, 5.74) is 6.42. The maximum atomic E-state index is 9.94. The van der Waals surface area contributed by atoms with E-state index in [1.165, 1.54) is 19.3 Å². The van der Waals surface area contributed by atoms with Crippen LogP contribution in [0.3, 0.4) is 0 Å². The summed E-state index contributed by atoms with van der Waals surface area (Å²) in [6.45, 7) is 1.29. The molecule has 3 heteroatoms. The number of hydrogen-bond donors (Lipinski definition) is 2. The summed E-state index contributed by atoms with van der Waals surface area (Å²) in [5.74, 6) is 0.561. The number of rotatable bonds is 6. The summed E-state index contributed by atoms with van der Waals surface area (Å²) >= 11 is 0. The topological polar surface area (TPSA) is 55.5 Å². The zero-order valence-electron chi connectivity index (χ0n) is 11.5. The Kier molecular flexibility index (Phi) is 5.83. The highest BCUT2D eigenvalue weighted by atomic mass is 16.5. The minimum absolute atomic E-state index is 0.0998. The fourth-order valence-corrected chi connectivity index (χ4v) is 2.61. The van der Waals surface area contributed by atoms with Crippen LogP contribution in [0.1, 0.15) is 32.1 Å². The normalized spacial score (nSPS) is 28.2. The van der Waals surface area contributed by atoms with Gasteiger partial charge in [0, 0.05) is 5.92 Å². The van der Waals surface area contributed by atoms with E-state index in [2.05, 4.69) is 18.2 Å². The third kappa shape index (κ3) is 4.60. The number of allylic oxidation sites excluding steroid dienone is 1. The maximum Gasteiger partial charge on any atom is 0.0799 e. The highest BCUT2D eigenvalue weighted by Gasteiger charge is 2.16. The molecule has 0 saturated carbocycles. The van der Waals surface area contributed by atoms with Crippen molar-refractivity contribution in [3.05, 3.63) is 36.0 Å². The molecule has 0 radical (unpaired) electrons. The lowest BCUT2D eigenvalue weighted by Crippen LogP contribution is -2.22. The van der Waals surface area contributed by atoms with E-state index in [0.717, 1.165) is 18.6 Å². The lowest BCUT2D eigenvalue weighted by atomic mass is 9.96. The van der Waals surface area contributed by atoms with Gasteiger partial charge in [-0.25, -0.2) is 0 Å². The number of ether oxygens (including phenoxy) is 1. The van der Waals surface area contributed by atoms with Crippen LogP contribution in [0.25, 0.3) is 0 Å². The van der Waals surface area contributed by atoms with Crippen LogP contribution < -0.4 is 5.73 Å². The van der Waals surface area contributed by atoms with Gasteiger partial charge >= 0.3 is 0 Å². The Hall–Kier alpha value is -0.900. The third-order valence-electron chi connectivity index (χ3n) is 3.76. The van der Waals surface area contributed by atoms with Gasteiger partial charge in [0.25, 0.3) is 0 Å². The smallest absolute Gasteiger partial charge is 0.0799 e. The average Bonchev–Trinajstić information content (AvgIpc) is 2.47. The molecule has 0 fully saturated rings. The number of aliphatic hydroxyl groups is 1. The van der Waals surface area contributed by atoms with Crippen LogP contribution in [0.15, 0.2) is 36.0 Å². The molecule has 3 N–H and O–H groups in total. The van der Waals surface area contributed by atoms with Crippen LogP contribution in [-0.4, -0.2) is 30.5 Å². The van der Waals surface area contributed by atoms with Gasteiger partial charge < -0.3 is 15.6 Å². The number of nitrogens with two attached hydrogens (primary N) is 1. The van der Waals surface area contributed by atoms with E-state index in [0.29, 0.717) is 18.9 Å². The Morgan fingerprint density at radius 3 is 3.05 bits per heavy atom. The molecule has 106 valence electrons. The molecular formula is C16H25NO2. The fraction of sp³-hybridized carbons (Fsp3) is 0.625. The van der Waals surface area contributed by atoms with Crippen molar-refractivity contribution in [2.45, 2.75) is 44.3 Å². The first-order valence-corrected chi connectivity index (χ1v) is 7.34. The van der Waals surface area contributed by atoms with Crippen molar-refractivity contribution in [3.63, 3.8) is 0 Å². The largest absolute Gasteiger partial charge is 0.388 e. The van der Waals surface area contributed by atoms with E-state index in [1.807, 2.05) is 12.2 Å². The third-order valence-corrected chi connectivity index (χ3v) is 3.76. The predicted molar refractivity (Wildman–Crippen MR) is 77.7 cm³/mol. The Bertz CT molecular complexity index is 360. The zero-order valence-corrected chi connectivity index (χ0v) is 11.5. The van der Waals surface area contributed by atoms with E-state index in [1.54, 1.807) is 0 Å². The second-order valence-electron chi connectivity index (χ2n) is 5.39. The molecule has 3 nitrogen and oxygen atoms in total. The monoisotopic (exact) mass is 263 g/mol. The molecule has 3 atom stereocenters. The van der Waals surface area contributed by atoms with Crippen molar-refractivity contribution in [1.29, 1.82) is 0 Å². The van der Waals surface area contributed by atoms with Crippen LogP contribution in [0.5, 0.6) is 0 Å². The van der Waals surface area contributed by atoms with Gasteiger partial charge in [-0.2, -0.15) is 0 Å². The molecule has 0 amide bonds. The quantitative estimate of drug-likeness (QED) is 0.723. The summed E-state index contributed by atoms with van der Waals surface area (Å²) < 4.78 is 5.96. The predicted octanol–water partition coefficient (Wildman–Crippen LogP) is 2.32. The van der Waals surface area contributed by atoms with Gasteiger partial charge in [0.1, 0.15) is 0 Å². The molecule has 0 spiro atoms. The van der Waals surface area contributed by atoms with Crippen molar-refractivity contribution in [2.75, 3.05) is 13.2 Å². The highest BCUT2D eigenvalue weighted by Crippen LogP contribution is 2.21. The molecule has 19 heavy (non-hydrogen) atoms. The van der Waals surface area contributed by atoms with Gasteiger partial charge in [0.2, 0.25) is 0 Å². The van der Waals surface area contributed by atoms with Crippen molar-refractivity contribution in [1.82, 2.24) is 0 Å². The number of hydrogen-bond acceptors (Lipinski definition) is 3. The van der Waals surface area contributed by atoms with Crippen molar-refractivity contribution in [2.24, 2.45) is 11.7 Å². The van der Waals surface area contributed by atoms with Crippen LogP contribution in [-0.2, 0) is 4.74 Å². The Morgan fingerprint density at radius 2 is 2.32 bits per heavy atom. The van der Waals surface area contributed by atoms with Crippen LogP contribution in [0.2, 0.25) is 0 Å². The fourth-order valence-electron chi connectivity index (χ4n) is 2.61. The summed E-state index contributed by atoms with van der Waals surface area (Å²) in [7, 11) is 0. The summed E-state index contributed by atoms with van der Waals surface area (Å²) in [5, 5.41) is 9.94. The molecule has 0 aromatic carbocycles. The molecule has 0 saturated heterocycles. The van der Waals surface area contributed by atoms with Crippen molar-refractivity contribution >= 4 is 0 Å². The molecule has 0 bridgehead atoms. The summed E-state index contributed by atoms with van der Waals surface area (Å²) in [6.07, 6.45) is 15.5. The minimum atomic E-state index is -0.456. The minimum Gasteiger partial charge on any atom is -0.388 e. The first kappa shape index (κ1) is 14.5. The maximum absolute atomic E-state index is 9.94. The van der Waals surface area contributed by atoms with E-state index < -0.39 is 6.10 Å². The lowest BCUT2D eigenvalue weighted by molar-refractivity contribution is 0.0635. The first-order chi connectivity index (χ1) is 9.29. The molecule has 2 aliphatic carbocycles. The second-order valence-corrected chi connectivity index (χ2v) is 5.39. The molecule has 0 aliphatic heterocycles. The molecule has 2 rings (SSSR count). The van der Waals surface area contributed by atoms with Gasteiger partial charge in [-0.3, -0.25) is 0 Å². The zero-order chi connectivity index (χ0) is 13.5. The Labute approximate surface area is 115 Å². The molecule has 2 aliphatic rings. The van der Waals surface area contributed by atoms with Gasteiger partial charge in [0.05, 0.1) is 18.8 Å². The molecular weight excluding hydrogens is 238 g/mol. The Morgan fingerprint density at radius 1 is 1.42 bits per heavy atom. The Balaban J connectivity index is 1.82. The van der Waals surface area contributed by atoms with E-state index in [9.17, 15) is 5.11 Å². The van der Waals surface area contributed by atoms with Gasteiger partial charge in [-0.1, -0.05) is 24.3 Å². The van der Waals surface area contributed by atoms with Crippen molar-refractivity contribution in [3.8, 4) is 0 Å². The molecule has 0 heterocycles. The van der Waals surface area contributed by atoms with Gasteiger partial charge in [-0.15, -0.1) is 0 Å². The molecule has 0 aromatic rings. The van der Waals surface area contributed by atoms with Crippen LogP contribution in [0.4, 0.5) is 0 Å². The molecule has 0 aromatic heterocycles. The van der Waals surface area contributed by atoms with Crippen LogP contribution >= 0.6 is 0 Å². The first-order valence-electron chi connectivity index (χ1n) is 7.34. The van der Waals surface area contributed by atoms with Crippen molar-refractivity contribution < 1.29 is 9.84 Å². The van der Waals surface area contributed by atoms with Gasteiger partial charge in [-0.05, 0) is 50.3 Å². The summed E-state index contributed by atoms with van der Waals surface area (Å²) in [6, 6.07) is 0. The molecule has 3 unspecified atom stereocenters. The highest BCUT2D eigenvalue weighted by molar-refractivity contribution is 5.28. The van der Waals surface area contributed by atoms with E-state index in [-0.39, 0.29) is 6.10 Å². The van der Waals surface area contributed by atoms with Gasteiger partial charge in [0.15, 0.2) is 0 Å². The standard InChI is InChI=1S/C16H25NO2/c17-10-9-16(18)14-7-4-8-15(11-14)19-12-13-5-2-1-3-6-13/h2,4-5,7,11,13,15-16,18H,1,3,6,8-10,12,17H2. The van der Waals surface area contributed by atoms with Crippen LogP contribution in [0, 0.1) is 5.92 Å². The van der Waals surface area contributed by atoms with E-state index >= 15 is 0 Å². The summed E-state index contributed by atoms with van der Waals surface area (Å²) in [4.78, 5) is 0. The van der Waals surface area contributed by atoms with E-state index in [4.69, 9.17) is 10.5 Å².